The summed E-state index contributed by atoms with van der Waals surface area (Å²) in [5.74, 6) is -0.566. The van der Waals surface area contributed by atoms with Gasteiger partial charge in [-0.3, -0.25) is 13.8 Å². The van der Waals surface area contributed by atoms with Crippen LogP contribution >= 0.6 is 15.9 Å². The average Bonchev–Trinajstić information content (AvgIpc) is 2.78. The minimum atomic E-state index is -3.83. The fraction of sp³-hybridized carbons (Fsp3) is 0.240. The highest BCUT2D eigenvalue weighted by atomic mass is 79.9. The van der Waals surface area contributed by atoms with Crippen molar-refractivity contribution in [2.45, 2.75) is 31.1 Å². The number of rotatable bonds is 8. The van der Waals surface area contributed by atoms with E-state index in [1.165, 1.54) is 24.3 Å². The molecular formula is C25H28BrN3O5S2. The molecule has 0 spiro atoms. The van der Waals surface area contributed by atoms with Gasteiger partial charge in [0.1, 0.15) is 6.54 Å². The number of amides is 1. The highest BCUT2D eigenvalue weighted by Gasteiger charge is 2.22. The summed E-state index contributed by atoms with van der Waals surface area (Å²) in [6, 6.07) is 19.3. The maximum absolute atomic E-state index is 12.7. The van der Waals surface area contributed by atoms with Crippen LogP contribution in [-0.4, -0.2) is 35.5 Å². The first kappa shape index (κ1) is 27.7. The first-order chi connectivity index (χ1) is 16.6. The molecule has 0 radical (unpaired) electrons. The van der Waals surface area contributed by atoms with Crippen molar-refractivity contribution in [3.8, 4) is 0 Å². The monoisotopic (exact) mass is 593 g/mol. The van der Waals surface area contributed by atoms with Crippen LogP contribution in [-0.2, 0) is 30.3 Å². The molecule has 0 bridgehead atoms. The topological polar surface area (TPSA) is 113 Å². The second-order valence-corrected chi connectivity index (χ2v) is 13.8. The number of hydrogen-bond donors (Lipinski definition) is 2. The van der Waals surface area contributed by atoms with Crippen LogP contribution in [0.3, 0.4) is 0 Å². The van der Waals surface area contributed by atoms with Crippen LogP contribution < -0.4 is 14.3 Å². The molecule has 0 aliphatic heterocycles. The van der Waals surface area contributed by atoms with E-state index in [0.717, 1.165) is 20.6 Å². The first-order valence-electron chi connectivity index (χ1n) is 10.9. The fourth-order valence-corrected chi connectivity index (χ4v) is 5.49. The molecule has 3 aromatic rings. The second kappa shape index (κ2) is 10.6. The zero-order valence-corrected chi connectivity index (χ0v) is 23.5. The van der Waals surface area contributed by atoms with Crippen molar-refractivity contribution in [3.63, 3.8) is 0 Å². The molecule has 3 aromatic carbocycles. The van der Waals surface area contributed by atoms with Gasteiger partial charge in [0.25, 0.3) is 10.0 Å². The van der Waals surface area contributed by atoms with Crippen molar-refractivity contribution in [2.24, 2.45) is 0 Å². The lowest BCUT2D eigenvalue weighted by Crippen LogP contribution is -2.37. The maximum atomic E-state index is 12.7. The fourth-order valence-electron chi connectivity index (χ4n) is 3.31. The third-order valence-electron chi connectivity index (χ3n) is 5.25. The molecule has 0 aliphatic carbocycles. The summed E-state index contributed by atoms with van der Waals surface area (Å²) in [7, 11) is -7.56. The molecule has 0 atom stereocenters. The van der Waals surface area contributed by atoms with Crippen LogP contribution in [0.4, 0.5) is 17.1 Å². The summed E-state index contributed by atoms with van der Waals surface area (Å²) in [5, 5.41) is 2.62. The molecule has 0 heterocycles. The van der Waals surface area contributed by atoms with Gasteiger partial charge in [-0.2, -0.15) is 0 Å². The number of sulfonamides is 2. The van der Waals surface area contributed by atoms with Crippen molar-refractivity contribution in [2.75, 3.05) is 27.1 Å². The number of halogens is 1. The zero-order chi connectivity index (χ0) is 26.7. The van der Waals surface area contributed by atoms with Gasteiger partial charge in [0.2, 0.25) is 15.9 Å². The third-order valence-corrected chi connectivity index (χ3v) is 8.32. The SMILES string of the molecule is CC(C)(C)c1ccc(N(CC(=O)Nc2ccc(S(=O)(=O)Nc3ccc(Br)cc3)cc2)S(C)(=O)=O)cc1. The molecule has 0 aromatic heterocycles. The Kier molecular flexibility index (Phi) is 8.17. The summed E-state index contributed by atoms with van der Waals surface area (Å²) < 4.78 is 54.4. The van der Waals surface area contributed by atoms with Crippen LogP contribution in [0.5, 0.6) is 0 Å². The Morgan fingerprint density at radius 1 is 0.833 bits per heavy atom. The van der Waals surface area contributed by atoms with Crippen LogP contribution in [0.15, 0.2) is 82.2 Å². The highest BCUT2D eigenvalue weighted by Crippen LogP contribution is 2.26. The van der Waals surface area contributed by atoms with E-state index in [2.05, 4.69) is 46.7 Å². The molecule has 8 nitrogen and oxygen atoms in total. The number of carbonyl (C=O) groups is 1. The third kappa shape index (κ3) is 7.31. The van der Waals surface area contributed by atoms with E-state index in [1.54, 1.807) is 36.4 Å². The smallest absolute Gasteiger partial charge is 0.261 e. The van der Waals surface area contributed by atoms with Gasteiger partial charge in [0.15, 0.2) is 0 Å². The Balaban J connectivity index is 1.71. The van der Waals surface area contributed by atoms with Crippen molar-refractivity contribution in [1.29, 1.82) is 0 Å². The van der Waals surface area contributed by atoms with E-state index in [4.69, 9.17) is 0 Å². The van der Waals surface area contributed by atoms with E-state index in [9.17, 15) is 21.6 Å². The number of hydrogen-bond acceptors (Lipinski definition) is 5. The van der Waals surface area contributed by atoms with Gasteiger partial charge in [-0.05, 0) is 71.6 Å². The normalized spacial score (nSPS) is 12.1. The average molecular weight is 595 g/mol. The van der Waals surface area contributed by atoms with Crippen molar-refractivity contribution < 1.29 is 21.6 Å². The van der Waals surface area contributed by atoms with Crippen molar-refractivity contribution in [1.82, 2.24) is 0 Å². The molecule has 0 fully saturated rings. The molecule has 0 aliphatic rings. The molecule has 0 unspecified atom stereocenters. The van der Waals surface area contributed by atoms with Gasteiger partial charge in [-0.15, -0.1) is 0 Å². The number of nitrogens with zero attached hydrogens (tertiary/aromatic N) is 1. The van der Waals surface area contributed by atoms with Crippen molar-refractivity contribution >= 4 is 58.9 Å². The molecule has 3 rings (SSSR count). The lowest BCUT2D eigenvalue weighted by Gasteiger charge is -2.24. The molecule has 192 valence electrons. The van der Waals surface area contributed by atoms with Gasteiger partial charge in [0, 0.05) is 15.8 Å². The molecular weight excluding hydrogens is 566 g/mol. The minimum absolute atomic E-state index is 0.0140. The van der Waals surface area contributed by atoms with E-state index < -0.39 is 32.5 Å². The molecule has 0 saturated heterocycles. The van der Waals surface area contributed by atoms with Gasteiger partial charge in [-0.25, -0.2) is 16.8 Å². The summed E-state index contributed by atoms with van der Waals surface area (Å²) in [6.45, 7) is 5.73. The summed E-state index contributed by atoms with van der Waals surface area (Å²) in [4.78, 5) is 12.7. The van der Waals surface area contributed by atoms with Crippen LogP contribution in [0, 0.1) is 0 Å². The number of anilines is 3. The number of carbonyl (C=O) groups excluding carboxylic acids is 1. The van der Waals surface area contributed by atoms with E-state index in [-0.39, 0.29) is 10.3 Å². The first-order valence-corrected chi connectivity index (χ1v) is 15.0. The Bertz CT molecular complexity index is 1430. The number of nitrogens with one attached hydrogen (secondary N) is 2. The van der Waals surface area contributed by atoms with Gasteiger partial charge in [-0.1, -0.05) is 48.8 Å². The largest absolute Gasteiger partial charge is 0.325 e. The zero-order valence-electron chi connectivity index (χ0n) is 20.3. The second-order valence-electron chi connectivity index (χ2n) is 9.25. The standard InChI is InChI=1S/C25H28BrN3O5S2/c1-25(2,3)18-5-13-22(14-6-18)29(35(4,31)32)17-24(30)27-20-11-15-23(16-12-20)36(33,34)28-21-9-7-19(26)8-10-21/h5-16,28H,17H2,1-4H3,(H,27,30). The summed E-state index contributed by atoms with van der Waals surface area (Å²) >= 11 is 3.30. The molecule has 36 heavy (non-hydrogen) atoms. The lowest BCUT2D eigenvalue weighted by molar-refractivity contribution is -0.114. The van der Waals surface area contributed by atoms with Crippen molar-refractivity contribution in [3.05, 3.63) is 82.8 Å². The van der Waals surface area contributed by atoms with Gasteiger partial charge < -0.3 is 5.32 Å². The predicted molar refractivity (Wildman–Crippen MR) is 147 cm³/mol. The predicted octanol–water partition coefficient (Wildman–Crippen LogP) is 4.95. The molecule has 11 heteroatoms. The lowest BCUT2D eigenvalue weighted by atomic mass is 9.87. The Hall–Kier alpha value is -2.89. The Labute approximate surface area is 221 Å². The number of benzene rings is 3. The van der Waals surface area contributed by atoms with E-state index in [1.807, 2.05) is 12.1 Å². The summed E-state index contributed by atoms with van der Waals surface area (Å²) in [5.41, 5.74) is 2.06. The molecule has 1 amide bonds. The van der Waals surface area contributed by atoms with Crippen LogP contribution in [0.25, 0.3) is 0 Å². The quantitative estimate of drug-likeness (QED) is 0.383. The highest BCUT2D eigenvalue weighted by molar-refractivity contribution is 9.10. The van der Waals surface area contributed by atoms with E-state index >= 15 is 0 Å². The Morgan fingerprint density at radius 2 is 1.36 bits per heavy atom. The molecule has 0 saturated carbocycles. The van der Waals surface area contributed by atoms with E-state index in [0.29, 0.717) is 17.1 Å². The van der Waals surface area contributed by atoms with Crippen LogP contribution in [0.2, 0.25) is 0 Å². The molecule has 2 N–H and O–H groups in total. The maximum Gasteiger partial charge on any atom is 0.261 e. The summed E-state index contributed by atoms with van der Waals surface area (Å²) in [6.07, 6.45) is 1.04. The minimum Gasteiger partial charge on any atom is -0.325 e. The Morgan fingerprint density at radius 3 is 1.86 bits per heavy atom. The van der Waals surface area contributed by atoms with Crippen LogP contribution in [0.1, 0.15) is 26.3 Å². The van der Waals surface area contributed by atoms with Gasteiger partial charge >= 0.3 is 0 Å². The van der Waals surface area contributed by atoms with Gasteiger partial charge in [0.05, 0.1) is 16.8 Å².